The van der Waals surface area contributed by atoms with E-state index in [1.54, 1.807) is 0 Å². The summed E-state index contributed by atoms with van der Waals surface area (Å²) in [5, 5.41) is 2.83. The second-order valence-electron chi connectivity index (χ2n) is 4.81. The van der Waals surface area contributed by atoms with Crippen molar-refractivity contribution in [2.75, 3.05) is 18.1 Å². The molecule has 0 aromatic carbocycles. The molecule has 0 aliphatic carbocycles. The number of Topliss-reactive ketones (excluding diaryl/α,β-unsaturated/α-hetero) is 1. The van der Waals surface area contributed by atoms with E-state index in [1.165, 1.54) is 0 Å². The number of nitrogens with one attached hydrogen (secondary N) is 1. The molecule has 5 nitrogen and oxygen atoms in total. The molecule has 0 bridgehead atoms. The lowest BCUT2D eigenvalue weighted by Crippen LogP contribution is -2.46. The van der Waals surface area contributed by atoms with E-state index in [1.807, 2.05) is 0 Å². The highest BCUT2D eigenvalue weighted by Crippen LogP contribution is 2.32. The molecular formula is C12H13F3N2O3S. The van der Waals surface area contributed by atoms with Crippen LogP contribution in [-0.2, 0) is 16.0 Å². The molecule has 1 saturated heterocycles. The van der Waals surface area contributed by atoms with Gasteiger partial charge in [0.25, 0.3) is 0 Å². The van der Waals surface area contributed by atoms with E-state index in [9.17, 15) is 26.4 Å². The number of sulfone groups is 1. The molecule has 2 rings (SSSR count). The van der Waals surface area contributed by atoms with Gasteiger partial charge in [-0.25, -0.2) is 8.42 Å². The van der Waals surface area contributed by atoms with Crippen LogP contribution in [0.25, 0.3) is 0 Å². The van der Waals surface area contributed by atoms with Crippen LogP contribution < -0.4 is 5.32 Å². The van der Waals surface area contributed by atoms with Gasteiger partial charge in [-0.05, 0) is 6.07 Å². The second-order valence-corrected chi connectivity index (χ2v) is 7.04. The summed E-state index contributed by atoms with van der Waals surface area (Å²) in [5.74, 6) is -1.05. The first kappa shape index (κ1) is 15.9. The summed E-state index contributed by atoms with van der Waals surface area (Å²) >= 11 is 0. The molecule has 1 aromatic rings. The summed E-state index contributed by atoms with van der Waals surface area (Å²) in [6, 6.07) is 0.0655. The van der Waals surface area contributed by atoms with E-state index in [4.69, 9.17) is 0 Å². The second kappa shape index (κ2) is 5.72. The van der Waals surface area contributed by atoms with Crippen LogP contribution in [0.5, 0.6) is 0 Å². The zero-order chi connectivity index (χ0) is 15.7. The molecule has 0 spiro atoms. The van der Waals surface area contributed by atoms with E-state index in [-0.39, 0.29) is 24.5 Å². The van der Waals surface area contributed by atoms with Crippen LogP contribution in [0, 0.1) is 0 Å². The van der Waals surface area contributed by atoms with E-state index in [2.05, 4.69) is 10.3 Å². The number of pyridine rings is 1. The molecule has 9 heteroatoms. The minimum Gasteiger partial charge on any atom is -0.312 e. The summed E-state index contributed by atoms with van der Waals surface area (Å²) in [6.45, 7) is 0.194. The minimum absolute atomic E-state index is 0.0294. The summed E-state index contributed by atoms with van der Waals surface area (Å²) in [7, 11) is -3.25. The van der Waals surface area contributed by atoms with Gasteiger partial charge in [0.2, 0.25) is 0 Å². The number of ketones is 1. The van der Waals surface area contributed by atoms with Crippen molar-refractivity contribution >= 4 is 15.6 Å². The van der Waals surface area contributed by atoms with Gasteiger partial charge in [-0.2, -0.15) is 13.2 Å². The third-order valence-corrected chi connectivity index (χ3v) is 4.90. The van der Waals surface area contributed by atoms with Crippen LogP contribution in [0.15, 0.2) is 18.5 Å². The van der Waals surface area contributed by atoms with Gasteiger partial charge in [0.05, 0.1) is 17.1 Å². The Hall–Kier alpha value is -1.48. The van der Waals surface area contributed by atoms with E-state index in [0.29, 0.717) is 0 Å². The number of aromatic nitrogens is 1. The number of alkyl halides is 3. The third-order valence-electron chi connectivity index (χ3n) is 3.16. The van der Waals surface area contributed by atoms with Gasteiger partial charge in [0.15, 0.2) is 15.6 Å². The monoisotopic (exact) mass is 322 g/mol. The lowest BCUT2D eigenvalue weighted by atomic mass is 10.0. The van der Waals surface area contributed by atoms with Crippen molar-refractivity contribution in [1.82, 2.24) is 10.3 Å². The normalized spacial score (nSPS) is 22.0. The Balaban J connectivity index is 2.18. The largest absolute Gasteiger partial charge is 0.417 e. The predicted molar refractivity (Wildman–Crippen MR) is 68.6 cm³/mol. The van der Waals surface area contributed by atoms with Crippen molar-refractivity contribution in [3.05, 3.63) is 29.6 Å². The molecule has 2 heterocycles. The van der Waals surface area contributed by atoms with Crippen molar-refractivity contribution < 1.29 is 26.4 Å². The zero-order valence-electron chi connectivity index (χ0n) is 10.9. The van der Waals surface area contributed by atoms with Gasteiger partial charge < -0.3 is 5.32 Å². The Bertz CT molecular complexity index is 643. The number of hydrogen-bond acceptors (Lipinski definition) is 5. The molecule has 1 aliphatic rings. The van der Waals surface area contributed by atoms with E-state index >= 15 is 0 Å². The average Bonchev–Trinajstić information content (AvgIpc) is 2.36. The summed E-state index contributed by atoms with van der Waals surface area (Å²) in [5.41, 5.74) is -1.59. The van der Waals surface area contributed by atoms with Crippen molar-refractivity contribution in [1.29, 1.82) is 0 Å². The Kier molecular flexibility index (Phi) is 4.33. The predicted octanol–water partition coefficient (Wildman–Crippen LogP) is 1.06. The van der Waals surface area contributed by atoms with Gasteiger partial charge in [-0.1, -0.05) is 0 Å². The average molecular weight is 322 g/mol. The van der Waals surface area contributed by atoms with Crippen LogP contribution in [0.1, 0.15) is 22.3 Å². The zero-order valence-corrected chi connectivity index (χ0v) is 11.7. The Morgan fingerprint density at radius 1 is 1.43 bits per heavy atom. The fourth-order valence-electron chi connectivity index (χ4n) is 2.20. The van der Waals surface area contributed by atoms with Gasteiger partial charge in [0, 0.05) is 37.0 Å². The molecule has 1 aromatic heterocycles. The lowest BCUT2D eigenvalue weighted by Gasteiger charge is -2.23. The number of carbonyl (C=O) groups excluding carboxylic acids is 1. The Morgan fingerprint density at radius 3 is 2.76 bits per heavy atom. The molecule has 0 amide bonds. The van der Waals surface area contributed by atoms with Gasteiger partial charge in [-0.15, -0.1) is 0 Å². The molecule has 1 fully saturated rings. The quantitative estimate of drug-likeness (QED) is 0.842. The fourth-order valence-corrected chi connectivity index (χ4v) is 3.64. The van der Waals surface area contributed by atoms with Crippen LogP contribution >= 0.6 is 0 Å². The number of hydrogen-bond donors (Lipinski definition) is 1. The molecule has 1 atom stereocenters. The van der Waals surface area contributed by atoms with Gasteiger partial charge in [0.1, 0.15) is 0 Å². The van der Waals surface area contributed by atoms with E-state index in [0.717, 1.165) is 18.5 Å². The molecular weight excluding hydrogens is 309 g/mol. The minimum atomic E-state index is -4.65. The fraction of sp³-hybridized carbons (Fsp3) is 0.500. The first-order valence-electron chi connectivity index (χ1n) is 6.17. The number of rotatable bonds is 3. The highest BCUT2D eigenvalue weighted by Gasteiger charge is 2.36. The lowest BCUT2D eigenvalue weighted by molar-refractivity contribution is -0.138. The molecule has 21 heavy (non-hydrogen) atoms. The third kappa shape index (κ3) is 4.01. The van der Waals surface area contributed by atoms with Gasteiger partial charge >= 0.3 is 6.18 Å². The van der Waals surface area contributed by atoms with Crippen LogP contribution in [0.3, 0.4) is 0 Å². The van der Waals surface area contributed by atoms with E-state index < -0.39 is 39.0 Å². The standard InChI is InChI=1S/C12H13F3N2O3S/c13-12(14,15)10-1-2-16-6-9(10)11(18)5-8-7-21(19,20)4-3-17-8/h1-2,6,8,17H,3-5,7H2. The highest BCUT2D eigenvalue weighted by atomic mass is 32.2. The number of carbonyl (C=O) groups is 1. The molecule has 1 unspecified atom stereocenters. The van der Waals surface area contributed by atoms with Crippen molar-refractivity contribution in [3.8, 4) is 0 Å². The van der Waals surface area contributed by atoms with Crippen molar-refractivity contribution in [2.24, 2.45) is 0 Å². The van der Waals surface area contributed by atoms with Crippen LogP contribution in [-0.4, -0.2) is 43.3 Å². The molecule has 1 N–H and O–H groups in total. The SMILES string of the molecule is O=C(CC1CS(=O)(=O)CCN1)c1cnccc1C(F)(F)F. The first-order chi connectivity index (χ1) is 9.69. The van der Waals surface area contributed by atoms with Crippen LogP contribution in [0.2, 0.25) is 0 Å². The molecule has 0 saturated carbocycles. The van der Waals surface area contributed by atoms with Crippen molar-refractivity contribution in [2.45, 2.75) is 18.6 Å². The van der Waals surface area contributed by atoms with Crippen molar-refractivity contribution in [3.63, 3.8) is 0 Å². The summed E-state index contributed by atoms with van der Waals surface area (Å²) < 4.78 is 61.4. The highest BCUT2D eigenvalue weighted by molar-refractivity contribution is 7.91. The van der Waals surface area contributed by atoms with Gasteiger partial charge in [-0.3, -0.25) is 9.78 Å². The molecule has 116 valence electrons. The number of halogens is 3. The summed E-state index contributed by atoms with van der Waals surface area (Å²) in [6.07, 6.45) is -3.14. The maximum Gasteiger partial charge on any atom is 0.417 e. The molecule has 1 aliphatic heterocycles. The maximum absolute atomic E-state index is 12.8. The number of nitrogens with zero attached hydrogens (tertiary/aromatic N) is 1. The van der Waals surface area contributed by atoms with Crippen LogP contribution in [0.4, 0.5) is 13.2 Å². The topological polar surface area (TPSA) is 76.1 Å². The maximum atomic E-state index is 12.8. The molecule has 0 radical (unpaired) electrons. The Labute approximate surface area is 119 Å². The first-order valence-corrected chi connectivity index (χ1v) is 7.99. The Morgan fingerprint density at radius 2 is 2.14 bits per heavy atom. The summed E-state index contributed by atoms with van der Waals surface area (Å²) in [4.78, 5) is 15.6. The smallest absolute Gasteiger partial charge is 0.312 e.